The van der Waals surface area contributed by atoms with Crippen molar-refractivity contribution >= 4 is 46.8 Å². The van der Waals surface area contributed by atoms with Crippen LogP contribution in [0.2, 0.25) is 10.0 Å². The molecule has 29 heavy (non-hydrogen) atoms. The molecule has 0 aromatic heterocycles. The first-order valence-electron chi connectivity index (χ1n) is 9.58. The first kappa shape index (κ1) is 23.6. The van der Waals surface area contributed by atoms with Crippen LogP contribution in [0.4, 0.5) is 0 Å². The van der Waals surface area contributed by atoms with Gasteiger partial charge in [-0.15, -0.1) is 11.8 Å². The Balaban J connectivity index is 2.08. The first-order chi connectivity index (χ1) is 13.9. The lowest BCUT2D eigenvalue weighted by molar-refractivity contribution is -0.139. The number of carbonyl (C=O) groups excluding carboxylic acids is 2. The summed E-state index contributed by atoms with van der Waals surface area (Å²) in [6.07, 6.45) is 0.549. The molecule has 4 nitrogen and oxygen atoms in total. The number of carbonyl (C=O) groups is 2. The predicted octanol–water partition coefficient (Wildman–Crippen LogP) is 5.17. The van der Waals surface area contributed by atoms with Gasteiger partial charge in [-0.05, 0) is 48.7 Å². The topological polar surface area (TPSA) is 49.4 Å². The quantitative estimate of drug-likeness (QED) is 0.540. The Morgan fingerprint density at radius 1 is 0.966 bits per heavy atom. The third kappa shape index (κ3) is 7.57. The van der Waals surface area contributed by atoms with Crippen molar-refractivity contribution in [1.82, 2.24) is 10.2 Å². The second kappa shape index (κ2) is 12.1. The summed E-state index contributed by atoms with van der Waals surface area (Å²) >= 11 is 13.4. The fourth-order valence-corrected chi connectivity index (χ4v) is 4.04. The molecule has 0 aliphatic carbocycles. The second-order valence-electron chi connectivity index (χ2n) is 6.59. The summed E-state index contributed by atoms with van der Waals surface area (Å²) in [5, 5.41) is 4.17. The van der Waals surface area contributed by atoms with Crippen molar-refractivity contribution in [3.8, 4) is 0 Å². The Labute approximate surface area is 187 Å². The van der Waals surface area contributed by atoms with Gasteiger partial charge >= 0.3 is 0 Å². The molecule has 0 saturated carbocycles. The molecular formula is C22H26Cl2N2O2S. The van der Waals surface area contributed by atoms with Crippen molar-refractivity contribution in [1.29, 1.82) is 0 Å². The smallest absolute Gasteiger partial charge is 0.242 e. The van der Waals surface area contributed by atoms with Crippen molar-refractivity contribution in [2.24, 2.45) is 0 Å². The van der Waals surface area contributed by atoms with Crippen LogP contribution in [-0.2, 0) is 21.9 Å². The number of nitrogens with zero attached hydrogens (tertiary/aromatic N) is 1. The molecule has 0 aliphatic heterocycles. The van der Waals surface area contributed by atoms with E-state index in [1.54, 1.807) is 17.0 Å². The van der Waals surface area contributed by atoms with Crippen molar-refractivity contribution in [2.45, 2.75) is 38.6 Å². The number of likely N-dealkylation sites (N-methyl/N-ethyl adjacent to an activating group) is 1. The summed E-state index contributed by atoms with van der Waals surface area (Å²) in [6, 6.07) is 14.4. The van der Waals surface area contributed by atoms with Gasteiger partial charge in [-0.1, -0.05) is 54.4 Å². The number of hydrogen-bond donors (Lipinski definition) is 1. The van der Waals surface area contributed by atoms with Crippen LogP contribution in [0.3, 0.4) is 0 Å². The fraction of sp³-hybridized carbons (Fsp3) is 0.364. The van der Waals surface area contributed by atoms with Crippen LogP contribution >= 0.6 is 35.0 Å². The molecule has 0 aliphatic rings. The van der Waals surface area contributed by atoms with E-state index in [1.165, 1.54) is 11.8 Å². The van der Waals surface area contributed by atoms with E-state index in [9.17, 15) is 9.59 Å². The SMILES string of the molecule is CCNC(=O)C(CC)N(Cc1ccc(Cl)cc1)C(=O)CSCc1ccc(Cl)cc1. The molecule has 2 aromatic rings. The first-order valence-corrected chi connectivity index (χ1v) is 11.5. The van der Waals surface area contributed by atoms with E-state index in [4.69, 9.17) is 23.2 Å². The normalized spacial score (nSPS) is 11.7. The van der Waals surface area contributed by atoms with Crippen molar-refractivity contribution in [3.63, 3.8) is 0 Å². The zero-order chi connectivity index (χ0) is 21.2. The molecule has 2 aromatic carbocycles. The minimum absolute atomic E-state index is 0.0583. The highest BCUT2D eigenvalue weighted by Crippen LogP contribution is 2.19. The number of benzene rings is 2. The van der Waals surface area contributed by atoms with Gasteiger partial charge in [-0.25, -0.2) is 0 Å². The van der Waals surface area contributed by atoms with E-state index < -0.39 is 6.04 Å². The van der Waals surface area contributed by atoms with E-state index in [0.717, 1.165) is 11.1 Å². The highest BCUT2D eigenvalue weighted by molar-refractivity contribution is 7.99. The Kier molecular flexibility index (Phi) is 9.85. The minimum atomic E-state index is -0.505. The third-order valence-corrected chi connectivity index (χ3v) is 5.90. The molecule has 156 valence electrons. The number of thioether (sulfide) groups is 1. The number of hydrogen-bond acceptors (Lipinski definition) is 3. The van der Waals surface area contributed by atoms with Crippen LogP contribution in [0.15, 0.2) is 48.5 Å². The van der Waals surface area contributed by atoms with E-state index in [0.29, 0.717) is 41.1 Å². The van der Waals surface area contributed by atoms with E-state index in [2.05, 4.69) is 5.32 Å². The fourth-order valence-electron chi connectivity index (χ4n) is 2.92. The van der Waals surface area contributed by atoms with Gasteiger partial charge in [0, 0.05) is 28.9 Å². The second-order valence-corrected chi connectivity index (χ2v) is 8.44. The van der Waals surface area contributed by atoms with Gasteiger partial charge in [0.1, 0.15) is 6.04 Å². The summed E-state index contributed by atoms with van der Waals surface area (Å²) in [5.74, 6) is 0.818. The monoisotopic (exact) mass is 452 g/mol. The predicted molar refractivity (Wildman–Crippen MR) is 122 cm³/mol. The third-order valence-electron chi connectivity index (χ3n) is 4.41. The van der Waals surface area contributed by atoms with Crippen molar-refractivity contribution in [3.05, 3.63) is 69.7 Å². The lowest BCUT2D eigenvalue weighted by Crippen LogP contribution is -2.49. The van der Waals surface area contributed by atoms with E-state index >= 15 is 0 Å². The van der Waals surface area contributed by atoms with Crippen molar-refractivity contribution in [2.75, 3.05) is 12.3 Å². The molecule has 0 fully saturated rings. The Morgan fingerprint density at radius 2 is 1.52 bits per heavy atom. The lowest BCUT2D eigenvalue weighted by Gasteiger charge is -2.30. The summed E-state index contributed by atoms with van der Waals surface area (Å²) in [7, 11) is 0. The molecule has 1 atom stereocenters. The maximum absolute atomic E-state index is 13.0. The zero-order valence-corrected chi connectivity index (χ0v) is 19.0. The Morgan fingerprint density at radius 3 is 2.03 bits per heavy atom. The number of halogens is 2. The van der Waals surface area contributed by atoms with E-state index in [-0.39, 0.29) is 11.8 Å². The molecule has 0 heterocycles. The maximum Gasteiger partial charge on any atom is 0.242 e. The van der Waals surface area contributed by atoms with Gasteiger partial charge in [0.2, 0.25) is 11.8 Å². The van der Waals surface area contributed by atoms with Crippen LogP contribution < -0.4 is 5.32 Å². The van der Waals surface area contributed by atoms with Crippen LogP contribution in [0.1, 0.15) is 31.4 Å². The van der Waals surface area contributed by atoms with Gasteiger partial charge < -0.3 is 10.2 Å². The molecule has 0 bridgehead atoms. The van der Waals surface area contributed by atoms with Gasteiger partial charge in [-0.3, -0.25) is 9.59 Å². The summed E-state index contributed by atoms with van der Waals surface area (Å²) in [4.78, 5) is 27.3. The average molecular weight is 453 g/mol. The molecule has 2 amide bonds. The van der Waals surface area contributed by atoms with Crippen LogP contribution in [0.5, 0.6) is 0 Å². The van der Waals surface area contributed by atoms with Gasteiger partial charge in [0.15, 0.2) is 0 Å². The summed E-state index contributed by atoms with van der Waals surface area (Å²) in [5.41, 5.74) is 2.04. The number of amides is 2. The van der Waals surface area contributed by atoms with Gasteiger partial charge in [0.25, 0.3) is 0 Å². The largest absolute Gasteiger partial charge is 0.355 e. The van der Waals surface area contributed by atoms with Crippen LogP contribution in [0, 0.1) is 0 Å². The average Bonchev–Trinajstić information content (AvgIpc) is 2.71. The highest BCUT2D eigenvalue weighted by Gasteiger charge is 2.28. The van der Waals surface area contributed by atoms with Crippen molar-refractivity contribution < 1.29 is 9.59 Å². The molecule has 0 saturated heterocycles. The van der Waals surface area contributed by atoms with Crippen LogP contribution in [-0.4, -0.2) is 35.1 Å². The highest BCUT2D eigenvalue weighted by atomic mass is 35.5. The van der Waals surface area contributed by atoms with Crippen LogP contribution in [0.25, 0.3) is 0 Å². The summed E-state index contributed by atoms with van der Waals surface area (Å²) in [6.45, 7) is 4.69. The Hall–Kier alpha value is -1.69. The molecular weight excluding hydrogens is 427 g/mol. The molecule has 0 spiro atoms. The van der Waals surface area contributed by atoms with Gasteiger partial charge in [0.05, 0.1) is 5.75 Å². The molecule has 2 rings (SSSR count). The Bertz CT molecular complexity index is 797. The molecule has 0 radical (unpaired) electrons. The molecule has 7 heteroatoms. The van der Waals surface area contributed by atoms with E-state index in [1.807, 2.05) is 50.2 Å². The maximum atomic E-state index is 13.0. The lowest BCUT2D eigenvalue weighted by atomic mass is 10.1. The van der Waals surface area contributed by atoms with Gasteiger partial charge in [-0.2, -0.15) is 0 Å². The number of rotatable bonds is 10. The number of nitrogens with one attached hydrogen (secondary N) is 1. The minimum Gasteiger partial charge on any atom is -0.355 e. The molecule has 1 N–H and O–H groups in total. The standard InChI is InChI=1S/C22H26Cl2N2O2S/c1-3-20(22(28)25-4-2)26(13-16-5-9-18(23)10-6-16)21(27)15-29-14-17-7-11-19(24)12-8-17/h5-12,20H,3-4,13-15H2,1-2H3,(H,25,28). The molecule has 1 unspecified atom stereocenters. The zero-order valence-electron chi connectivity index (χ0n) is 16.7. The summed E-state index contributed by atoms with van der Waals surface area (Å²) < 4.78 is 0.